The van der Waals surface area contributed by atoms with Gasteiger partial charge in [0.05, 0.1) is 12.3 Å². The highest BCUT2D eigenvalue weighted by molar-refractivity contribution is 5.15. The molecule has 1 aromatic rings. The van der Waals surface area contributed by atoms with Gasteiger partial charge in [0.1, 0.15) is 0 Å². The molecule has 0 spiro atoms. The third-order valence-electron chi connectivity index (χ3n) is 2.95. The molecule has 4 heteroatoms. The van der Waals surface area contributed by atoms with E-state index in [0.717, 1.165) is 50.8 Å². The number of hydrogen-bond donors (Lipinski definition) is 1. The van der Waals surface area contributed by atoms with Crippen molar-refractivity contribution in [3.63, 3.8) is 0 Å². The van der Waals surface area contributed by atoms with Crippen LogP contribution in [0.2, 0.25) is 0 Å². The van der Waals surface area contributed by atoms with E-state index < -0.39 is 0 Å². The molecule has 0 aromatic carbocycles. The molecule has 1 fully saturated rings. The number of aromatic nitrogens is 1. The summed E-state index contributed by atoms with van der Waals surface area (Å²) in [4.78, 5) is 4.43. The largest absolute Gasteiger partial charge is 0.477 e. The zero-order valence-corrected chi connectivity index (χ0v) is 10.3. The van der Waals surface area contributed by atoms with E-state index in [2.05, 4.69) is 10.3 Å². The van der Waals surface area contributed by atoms with E-state index >= 15 is 0 Å². The Labute approximate surface area is 102 Å². The molecule has 1 aromatic heterocycles. The lowest BCUT2D eigenvalue weighted by molar-refractivity contribution is 0.0490. The van der Waals surface area contributed by atoms with Crippen LogP contribution >= 0.6 is 0 Å². The summed E-state index contributed by atoms with van der Waals surface area (Å²) >= 11 is 0. The second kappa shape index (κ2) is 6.57. The van der Waals surface area contributed by atoms with E-state index in [-0.39, 0.29) is 0 Å². The van der Waals surface area contributed by atoms with Crippen LogP contribution in [-0.2, 0) is 11.3 Å². The van der Waals surface area contributed by atoms with Crippen molar-refractivity contribution >= 4 is 0 Å². The highest BCUT2D eigenvalue weighted by atomic mass is 16.5. The van der Waals surface area contributed by atoms with Gasteiger partial charge in [0.2, 0.25) is 5.88 Å². The molecule has 94 valence electrons. The lowest BCUT2D eigenvalue weighted by Gasteiger charge is -2.21. The van der Waals surface area contributed by atoms with Crippen molar-refractivity contribution in [2.45, 2.75) is 19.4 Å². The van der Waals surface area contributed by atoms with Gasteiger partial charge >= 0.3 is 0 Å². The minimum Gasteiger partial charge on any atom is -0.477 e. The van der Waals surface area contributed by atoms with Gasteiger partial charge < -0.3 is 14.8 Å². The molecule has 17 heavy (non-hydrogen) atoms. The molecule has 0 bridgehead atoms. The summed E-state index contributed by atoms with van der Waals surface area (Å²) in [5.74, 6) is 1.34. The molecule has 0 atom stereocenters. The van der Waals surface area contributed by atoms with E-state index in [4.69, 9.17) is 9.47 Å². The fourth-order valence-electron chi connectivity index (χ4n) is 1.93. The average molecular weight is 236 g/mol. The first-order valence-corrected chi connectivity index (χ1v) is 6.19. The molecule has 1 aliphatic rings. The highest BCUT2D eigenvalue weighted by Gasteiger charge is 2.14. The van der Waals surface area contributed by atoms with Crippen LogP contribution in [0.3, 0.4) is 0 Å². The maximum Gasteiger partial charge on any atom is 0.213 e. The SMILES string of the molecule is CNCc1cccc(OCC2CCOCC2)n1. The third kappa shape index (κ3) is 3.98. The Kier molecular flexibility index (Phi) is 4.76. The number of hydrogen-bond acceptors (Lipinski definition) is 4. The van der Waals surface area contributed by atoms with Crippen molar-refractivity contribution in [3.8, 4) is 5.88 Å². The van der Waals surface area contributed by atoms with Gasteiger partial charge in [-0.25, -0.2) is 4.98 Å². The molecular weight excluding hydrogens is 216 g/mol. The van der Waals surface area contributed by atoms with Gasteiger partial charge in [-0.2, -0.15) is 0 Å². The van der Waals surface area contributed by atoms with Crippen molar-refractivity contribution in [1.29, 1.82) is 0 Å². The summed E-state index contributed by atoms with van der Waals surface area (Å²) < 4.78 is 11.1. The fraction of sp³-hybridized carbons (Fsp3) is 0.615. The summed E-state index contributed by atoms with van der Waals surface area (Å²) in [7, 11) is 1.91. The normalized spacial score (nSPS) is 17.0. The van der Waals surface area contributed by atoms with Crippen molar-refractivity contribution in [3.05, 3.63) is 23.9 Å². The van der Waals surface area contributed by atoms with Gasteiger partial charge in [-0.15, -0.1) is 0 Å². The summed E-state index contributed by atoms with van der Waals surface area (Å²) in [6, 6.07) is 5.90. The Morgan fingerprint density at radius 2 is 2.24 bits per heavy atom. The topological polar surface area (TPSA) is 43.4 Å². The van der Waals surface area contributed by atoms with Gasteiger partial charge in [-0.1, -0.05) is 6.07 Å². The quantitative estimate of drug-likeness (QED) is 0.843. The molecule has 4 nitrogen and oxygen atoms in total. The molecule has 1 aliphatic heterocycles. The minimum absolute atomic E-state index is 0.610. The molecule has 0 aliphatic carbocycles. The van der Waals surface area contributed by atoms with Gasteiger partial charge in [-0.3, -0.25) is 0 Å². The number of nitrogens with zero attached hydrogens (tertiary/aromatic N) is 1. The number of ether oxygens (including phenoxy) is 2. The Morgan fingerprint density at radius 1 is 1.41 bits per heavy atom. The van der Waals surface area contributed by atoms with Crippen molar-refractivity contribution in [2.24, 2.45) is 5.92 Å². The first-order chi connectivity index (χ1) is 8.38. The van der Waals surface area contributed by atoms with Gasteiger partial charge in [0.15, 0.2) is 0 Å². The van der Waals surface area contributed by atoms with Crippen LogP contribution in [0.25, 0.3) is 0 Å². The second-order valence-corrected chi connectivity index (χ2v) is 4.36. The molecule has 2 rings (SSSR count). The molecule has 0 saturated carbocycles. The number of nitrogens with one attached hydrogen (secondary N) is 1. The van der Waals surface area contributed by atoms with Crippen molar-refractivity contribution < 1.29 is 9.47 Å². The van der Waals surface area contributed by atoms with Gasteiger partial charge in [-0.05, 0) is 31.9 Å². The third-order valence-corrected chi connectivity index (χ3v) is 2.95. The number of rotatable bonds is 5. The Morgan fingerprint density at radius 3 is 3.00 bits per heavy atom. The van der Waals surface area contributed by atoms with E-state index in [1.165, 1.54) is 0 Å². The fourth-order valence-corrected chi connectivity index (χ4v) is 1.93. The molecule has 1 N–H and O–H groups in total. The maximum atomic E-state index is 5.74. The zero-order chi connectivity index (χ0) is 11.9. The van der Waals surface area contributed by atoms with Gasteiger partial charge in [0.25, 0.3) is 0 Å². The summed E-state index contributed by atoms with van der Waals surface area (Å²) in [6.07, 6.45) is 2.19. The molecule has 0 radical (unpaired) electrons. The van der Waals surface area contributed by atoms with Crippen molar-refractivity contribution in [1.82, 2.24) is 10.3 Å². The smallest absolute Gasteiger partial charge is 0.213 e. The molecule has 1 saturated heterocycles. The molecular formula is C13H20N2O2. The standard InChI is InChI=1S/C13H20N2O2/c1-14-9-12-3-2-4-13(15-12)17-10-11-5-7-16-8-6-11/h2-4,11,14H,5-10H2,1H3. The molecule has 0 unspecified atom stereocenters. The zero-order valence-electron chi connectivity index (χ0n) is 10.3. The van der Waals surface area contributed by atoms with Crippen LogP contribution in [0.4, 0.5) is 0 Å². The highest BCUT2D eigenvalue weighted by Crippen LogP contribution is 2.16. The van der Waals surface area contributed by atoms with Crippen LogP contribution in [0, 0.1) is 5.92 Å². The Hall–Kier alpha value is -1.13. The average Bonchev–Trinajstić information content (AvgIpc) is 2.39. The Bertz CT molecular complexity index is 338. The first kappa shape index (κ1) is 12.3. The summed E-state index contributed by atoms with van der Waals surface area (Å²) in [5, 5.41) is 3.08. The van der Waals surface area contributed by atoms with Crippen LogP contribution in [-0.4, -0.2) is 31.9 Å². The number of pyridine rings is 1. The van der Waals surface area contributed by atoms with E-state index in [1.54, 1.807) is 0 Å². The van der Waals surface area contributed by atoms with Crippen LogP contribution in [0.1, 0.15) is 18.5 Å². The van der Waals surface area contributed by atoms with Gasteiger partial charge in [0, 0.05) is 25.8 Å². The summed E-state index contributed by atoms with van der Waals surface area (Å²) in [5.41, 5.74) is 1.01. The predicted octanol–water partition coefficient (Wildman–Crippen LogP) is 1.61. The van der Waals surface area contributed by atoms with Crippen LogP contribution in [0.5, 0.6) is 5.88 Å². The van der Waals surface area contributed by atoms with E-state index in [9.17, 15) is 0 Å². The van der Waals surface area contributed by atoms with E-state index in [0.29, 0.717) is 5.92 Å². The predicted molar refractivity (Wildman–Crippen MR) is 66.0 cm³/mol. The van der Waals surface area contributed by atoms with Crippen LogP contribution < -0.4 is 10.1 Å². The Balaban J connectivity index is 1.83. The lowest BCUT2D eigenvalue weighted by atomic mass is 10.0. The molecule has 0 amide bonds. The first-order valence-electron chi connectivity index (χ1n) is 6.19. The van der Waals surface area contributed by atoms with Crippen LogP contribution in [0.15, 0.2) is 18.2 Å². The minimum atomic E-state index is 0.610. The van der Waals surface area contributed by atoms with E-state index in [1.807, 2.05) is 25.2 Å². The summed E-state index contributed by atoms with van der Waals surface area (Å²) in [6.45, 7) is 3.25. The monoisotopic (exact) mass is 236 g/mol. The second-order valence-electron chi connectivity index (χ2n) is 4.36. The molecule has 2 heterocycles. The maximum absolute atomic E-state index is 5.74. The lowest BCUT2D eigenvalue weighted by Crippen LogP contribution is -2.21. The van der Waals surface area contributed by atoms with Crippen molar-refractivity contribution in [2.75, 3.05) is 26.9 Å².